The maximum atomic E-state index is 9.76. The molecule has 0 N–H and O–H groups in total. The third kappa shape index (κ3) is 4.30. The van der Waals surface area contributed by atoms with Crippen LogP contribution in [0, 0.1) is 34.0 Å². The van der Waals surface area contributed by atoms with E-state index < -0.39 is 5.60 Å². The molecule has 0 spiro atoms. The predicted octanol–water partition coefficient (Wildman–Crippen LogP) is 5.15. The summed E-state index contributed by atoms with van der Waals surface area (Å²) in [6, 6.07) is 20.7. The lowest BCUT2D eigenvalue weighted by Gasteiger charge is -2.20. The summed E-state index contributed by atoms with van der Waals surface area (Å²) in [5, 5.41) is 28.3. The molecule has 0 unspecified atom stereocenters. The largest absolute Gasteiger partial charge is 0.480 e. The van der Waals surface area contributed by atoms with Gasteiger partial charge < -0.3 is 4.74 Å². The lowest BCUT2D eigenvalue weighted by molar-refractivity contribution is 0.0954. The smallest absolute Gasteiger partial charge is 0.172 e. The third-order valence-electron chi connectivity index (χ3n) is 5.21. The molecule has 1 aliphatic heterocycles. The van der Waals surface area contributed by atoms with Gasteiger partial charge in [0.1, 0.15) is 29.4 Å². The van der Waals surface area contributed by atoms with Crippen LogP contribution >= 0.6 is 0 Å². The van der Waals surface area contributed by atoms with Crippen molar-refractivity contribution in [3.05, 3.63) is 95.0 Å². The number of hydrogen-bond donors (Lipinski definition) is 0. The molecule has 0 saturated heterocycles. The van der Waals surface area contributed by atoms with E-state index in [2.05, 4.69) is 16.0 Å². The van der Waals surface area contributed by atoms with Gasteiger partial charge >= 0.3 is 0 Å². The zero-order valence-corrected chi connectivity index (χ0v) is 18.5. The zero-order valence-electron chi connectivity index (χ0n) is 18.5. The van der Waals surface area contributed by atoms with Crippen LogP contribution in [0.1, 0.15) is 19.4 Å². The molecule has 3 aromatic heterocycles. The molecular weight excluding hydrogens is 424 g/mol. The molecule has 0 fully saturated rings. The summed E-state index contributed by atoms with van der Waals surface area (Å²) in [6.07, 6.45) is 7.04. The number of nitriles is 3. The van der Waals surface area contributed by atoms with Crippen molar-refractivity contribution in [1.29, 1.82) is 15.8 Å². The summed E-state index contributed by atoms with van der Waals surface area (Å²) >= 11 is 0. The van der Waals surface area contributed by atoms with Crippen LogP contribution in [0.25, 0.3) is 28.9 Å². The standard InChI is InChI=1S/C27H18N6O/c1-27(2)21(20(17-30)26(34-27)19(15-28)16-29)10-9-18-13-24(22-7-3-5-11-31-22)33-25(14-18)23-8-4-6-12-32-23/h3-14H,1-2H3/b10-9+. The molecule has 0 amide bonds. The van der Waals surface area contributed by atoms with Gasteiger partial charge in [-0.3, -0.25) is 9.97 Å². The number of hydrogen-bond acceptors (Lipinski definition) is 7. The molecule has 4 heterocycles. The summed E-state index contributed by atoms with van der Waals surface area (Å²) in [5.74, 6) is 0.00947. The first kappa shape index (κ1) is 22.1. The Kier molecular flexibility index (Phi) is 5.99. The van der Waals surface area contributed by atoms with Gasteiger partial charge in [0, 0.05) is 18.0 Å². The van der Waals surface area contributed by atoms with Crippen molar-refractivity contribution in [2.24, 2.45) is 0 Å². The predicted molar refractivity (Wildman–Crippen MR) is 126 cm³/mol. The minimum Gasteiger partial charge on any atom is -0.480 e. The van der Waals surface area contributed by atoms with Gasteiger partial charge in [-0.2, -0.15) is 15.8 Å². The van der Waals surface area contributed by atoms with Gasteiger partial charge in [-0.15, -0.1) is 0 Å². The van der Waals surface area contributed by atoms with E-state index in [9.17, 15) is 15.8 Å². The first-order valence-electron chi connectivity index (χ1n) is 10.4. The monoisotopic (exact) mass is 442 g/mol. The fourth-order valence-electron chi connectivity index (χ4n) is 3.60. The summed E-state index contributed by atoms with van der Waals surface area (Å²) in [5.41, 5.74) is 3.22. The second kappa shape index (κ2) is 9.20. The van der Waals surface area contributed by atoms with Crippen LogP contribution < -0.4 is 0 Å². The summed E-state index contributed by atoms with van der Waals surface area (Å²) < 4.78 is 5.84. The van der Waals surface area contributed by atoms with E-state index in [4.69, 9.17) is 9.72 Å². The topological polar surface area (TPSA) is 119 Å². The molecule has 7 nitrogen and oxygen atoms in total. The number of aromatic nitrogens is 3. The fourth-order valence-corrected chi connectivity index (χ4v) is 3.60. The molecule has 7 heteroatoms. The highest BCUT2D eigenvalue weighted by molar-refractivity contribution is 5.70. The number of pyridine rings is 3. The van der Waals surface area contributed by atoms with Crippen molar-refractivity contribution in [2.75, 3.05) is 0 Å². The Bertz CT molecular complexity index is 1390. The average Bonchev–Trinajstić information content (AvgIpc) is 3.13. The van der Waals surface area contributed by atoms with E-state index in [1.165, 1.54) is 0 Å². The van der Waals surface area contributed by atoms with Gasteiger partial charge in [0.25, 0.3) is 0 Å². The molecule has 0 bridgehead atoms. The van der Waals surface area contributed by atoms with Crippen LogP contribution in [0.4, 0.5) is 0 Å². The molecule has 3 aromatic rings. The lowest BCUT2D eigenvalue weighted by Crippen LogP contribution is -2.20. The summed E-state index contributed by atoms with van der Waals surface area (Å²) in [7, 11) is 0. The normalized spacial score (nSPS) is 14.3. The third-order valence-corrected chi connectivity index (χ3v) is 5.21. The van der Waals surface area contributed by atoms with Gasteiger partial charge in [-0.1, -0.05) is 24.3 Å². The van der Waals surface area contributed by atoms with Gasteiger partial charge in [-0.05, 0) is 55.8 Å². The molecule has 162 valence electrons. The average molecular weight is 442 g/mol. The fraction of sp³-hybridized carbons (Fsp3) is 0.111. The zero-order chi connectivity index (χ0) is 24.1. The van der Waals surface area contributed by atoms with Gasteiger partial charge in [-0.25, -0.2) is 4.98 Å². The molecule has 1 aliphatic rings. The van der Waals surface area contributed by atoms with Gasteiger partial charge in [0.05, 0.1) is 22.8 Å². The number of nitrogens with zero attached hydrogens (tertiary/aromatic N) is 6. The van der Waals surface area contributed by atoms with E-state index in [1.807, 2.05) is 54.6 Å². The Morgan fingerprint density at radius 3 is 1.91 bits per heavy atom. The maximum absolute atomic E-state index is 9.76. The minimum atomic E-state index is -0.892. The van der Waals surface area contributed by atoms with Crippen LogP contribution in [-0.4, -0.2) is 20.6 Å². The number of rotatable bonds is 4. The number of ether oxygens (including phenoxy) is 1. The Hall–Kier alpha value is -5.06. The minimum absolute atomic E-state index is 0.00947. The Balaban J connectivity index is 1.85. The van der Waals surface area contributed by atoms with Crippen LogP contribution in [0.2, 0.25) is 0 Å². The van der Waals surface area contributed by atoms with Crippen molar-refractivity contribution >= 4 is 6.08 Å². The highest BCUT2D eigenvalue weighted by Gasteiger charge is 2.38. The molecule has 0 atom stereocenters. The van der Waals surface area contributed by atoms with Gasteiger partial charge in [0.15, 0.2) is 11.3 Å². The van der Waals surface area contributed by atoms with E-state index in [0.29, 0.717) is 28.3 Å². The Labute approximate surface area is 197 Å². The van der Waals surface area contributed by atoms with Crippen molar-refractivity contribution in [2.45, 2.75) is 19.4 Å². The van der Waals surface area contributed by atoms with Crippen LogP contribution in [0.15, 0.2) is 89.5 Å². The van der Waals surface area contributed by atoms with Gasteiger partial charge in [0.2, 0.25) is 0 Å². The van der Waals surface area contributed by atoms with E-state index in [0.717, 1.165) is 5.56 Å². The highest BCUT2D eigenvalue weighted by atomic mass is 16.5. The highest BCUT2D eigenvalue weighted by Crippen LogP contribution is 2.40. The first-order chi connectivity index (χ1) is 16.5. The van der Waals surface area contributed by atoms with Crippen molar-refractivity contribution in [1.82, 2.24) is 15.0 Å². The second-order valence-electron chi connectivity index (χ2n) is 7.87. The van der Waals surface area contributed by atoms with Crippen LogP contribution in [0.5, 0.6) is 0 Å². The first-order valence-corrected chi connectivity index (χ1v) is 10.4. The SMILES string of the molecule is CC1(C)OC(=C(C#N)C#N)C(C#N)=C1/C=C/c1cc(-c2ccccn2)nc(-c2ccccn2)c1. The lowest BCUT2D eigenvalue weighted by atomic mass is 9.94. The molecular formula is C27H18N6O. The maximum Gasteiger partial charge on any atom is 0.172 e. The number of allylic oxidation sites excluding steroid dienone is 2. The van der Waals surface area contributed by atoms with E-state index in [-0.39, 0.29) is 16.9 Å². The van der Waals surface area contributed by atoms with E-state index in [1.54, 1.807) is 44.5 Å². The summed E-state index contributed by atoms with van der Waals surface area (Å²) in [4.78, 5) is 13.6. The molecule has 0 saturated carbocycles. The molecule has 4 rings (SSSR count). The van der Waals surface area contributed by atoms with E-state index >= 15 is 0 Å². The second-order valence-corrected chi connectivity index (χ2v) is 7.87. The summed E-state index contributed by atoms with van der Waals surface area (Å²) in [6.45, 7) is 3.57. The molecule has 0 radical (unpaired) electrons. The molecule has 0 aliphatic carbocycles. The molecule has 34 heavy (non-hydrogen) atoms. The van der Waals surface area contributed by atoms with Crippen LogP contribution in [-0.2, 0) is 4.74 Å². The van der Waals surface area contributed by atoms with Crippen molar-refractivity contribution in [3.8, 4) is 41.0 Å². The molecule has 0 aromatic carbocycles. The van der Waals surface area contributed by atoms with Crippen molar-refractivity contribution < 1.29 is 4.74 Å². The van der Waals surface area contributed by atoms with Crippen LogP contribution in [0.3, 0.4) is 0 Å². The Morgan fingerprint density at radius 1 is 0.853 bits per heavy atom. The van der Waals surface area contributed by atoms with Crippen molar-refractivity contribution in [3.63, 3.8) is 0 Å². The quantitative estimate of drug-likeness (QED) is 0.513. The Morgan fingerprint density at radius 2 is 1.44 bits per heavy atom.